The normalized spacial score (nSPS) is 19.0. The van der Waals surface area contributed by atoms with Crippen molar-refractivity contribution in [1.29, 1.82) is 0 Å². The highest BCUT2D eigenvalue weighted by atomic mass is 35.5. The van der Waals surface area contributed by atoms with Crippen molar-refractivity contribution in [1.82, 2.24) is 4.90 Å². The lowest BCUT2D eigenvalue weighted by atomic mass is 9.63. The molecule has 2 aliphatic carbocycles. The van der Waals surface area contributed by atoms with Crippen molar-refractivity contribution in [3.63, 3.8) is 0 Å². The van der Waals surface area contributed by atoms with Crippen LogP contribution < -0.4 is 10.1 Å². The zero-order valence-electron chi connectivity index (χ0n) is 27.9. The molecule has 0 unspecified atom stereocenters. The SMILES string of the molecule is Cc1cccc(NC(=O)COc2ccc(Cl)cc2C2C3=C(CC(C)(C)CC3=O)N(CCc3ccccc3)C3=C2C(=O)CC(C)(C)C3)c1. The standard InChI is InChI=1S/C40H43ClN2O4/c1-25-10-9-13-28(18-25)42-35(46)24-47-34-15-14-27(41)19-29(34)36-37-30(20-39(2,3)22-32(37)44)43(17-16-26-11-7-6-8-12-26)31-21-40(4,5)23-33(45)38(31)36/h6-15,18-19,36H,16-17,20-24H2,1-5H3,(H,42,46). The maximum absolute atomic E-state index is 14.3. The minimum absolute atomic E-state index is 0.0401. The summed E-state index contributed by atoms with van der Waals surface area (Å²) in [5.41, 5.74) is 6.38. The number of anilines is 1. The summed E-state index contributed by atoms with van der Waals surface area (Å²) in [6.45, 7) is 10.9. The van der Waals surface area contributed by atoms with Gasteiger partial charge in [0.1, 0.15) is 5.75 Å². The number of halogens is 1. The van der Waals surface area contributed by atoms with Gasteiger partial charge in [-0.1, -0.05) is 81.8 Å². The first-order chi connectivity index (χ1) is 22.3. The van der Waals surface area contributed by atoms with Crippen molar-refractivity contribution < 1.29 is 19.1 Å². The van der Waals surface area contributed by atoms with Crippen LogP contribution in [0.5, 0.6) is 5.75 Å². The van der Waals surface area contributed by atoms with Crippen molar-refractivity contribution in [3.05, 3.63) is 117 Å². The van der Waals surface area contributed by atoms with Crippen molar-refractivity contribution >= 4 is 34.8 Å². The number of carbonyl (C=O) groups is 3. The van der Waals surface area contributed by atoms with Gasteiger partial charge in [-0.15, -0.1) is 0 Å². The molecule has 0 spiro atoms. The van der Waals surface area contributed by atoms with Gasteiger partial charge in [-0.2, -0.15) is 0 Å². The fourth-order valence-corrected chi connectivity index (χ4v) is 7.63. The predicted octanol–water partition coefficient (Wildman–Crippen LogP) is 8.59. The molecule has 0 bridgehead atoms. The third-order valence-corrected chi connectivity index (χ3v) is 9.67. The van der Waals surface area contributed by atoms with Gasteiger partial charge in [0.15, 0.2) is 18.2 Å². The summed E-state index contributed by atoms with van der Waals surface area (Å²) in [5.74, 6) is -0.422. The topological polar surface area (TPSA) is 75.7 Å². The largest absolute Gasteiger partial charge is 0.483 e. The Kier molecular flexibility index (Phi) is 8.92. The van der Waals surface area contributed by atoms with E-state index in [1.165, 1.54) is 5.56 Å². The summed E-state index contributed by atoms with van der Waals surface area (Å²) < 4.78 is 6.20. The fraction of sp³-hybridized carbons (Fsp3) is 0.375. The number of Topliss-reactive ketones (excluding diaryl/α,β-unsaturated/α-hetero) is 2. The lowest BCUT2D eigenvalue weighted by molar-refractivity contribution is -0.120. The van der Waals surface area contributed by atoms with Crippen LogP contribution in [0.4, 0.5) is 5.69 Å². The second-order valence-electron chi connectivity index (χ2n) is 14.8. The van der Waals surface area contributed by atoms with E-state index in [0.29, 0.717) is 65.4 Å². The van der Waals surface area contributed by atoms with Gasteiger partial charge in [0, 0.05) is 64.1 Å². The number of rotatable bonds is 8. The number of benzene rings is 3. The number of amides is 1. The number of allylic oxidation sites excluding steroid dienone is 4. The van der Waals surface area contributed by atoms with Gasteiger partial charge in [0.25, 0.3) is 5.91 Å². The summed E-state index contributed by atoms with van der Waals surface area (Å²) in [6.07, 6.45) is 2.96. The van der Waals surface area contributed by atoms with Crippen LogP contribution in [-0.4, -0.2) is 35.5 Å². The molecule has 1 aliphatic heterocycles. The second kappa shape index (κ2) is 12.8. The highest BCUT2D eigenvalue weighted by Crippen LogP contribution is 2.55. The molecule has 0 fully saturated rings. The van der Waals surface area contributed by atoms with Crippen molar-refractivity contribution in [2.75, 3.05) is 18.5 Å². The van der Waals surface area contributed by atoms with Crippen LogP contribution in [0.3, 0.4) is 0 Å². The van der Waals surface area contributed by atoms with Crippen LogP contribution >= 0.6 is 11.6 Å². The van der Waals surface area contributed by atoms with Crippen molar-refractivity contribution in [3.8, 4) is 5.75 Å². The smallest absolute Gasteiger partial charge is 0.262 e. The first kappa shape index (κ1) is 32.8. The molecule has 47 heavy (non-hydrogen) atoms. The summed E-state index contributed by atoms with van der Waals surface area (Å²) >= 11 is 6.63. The fourth-order valence-electron chi connectivity index (χ4n) is 7.45. The van der Waals surface area contributed by atoms with Gasteiger partial charge in [0.05, 0.1) is 0 Å². The lowest BCUT2D eigenvalue weighted by Gasteiger charge is -2.49. The number of ketones is 2. The summed E-state index contributed by atoms with van der Waals surface area (Å²) in [7, 11) is 0. The van der Waals surface area contributed by atoms with E-state index in [1.807, 2.05) is 49.4 Å². The first-order valence-corrected chi connectivity index (χ1v) is 16.8. The van der Waals surface area contributed by atoms with Crippen LogP contribution in [0, 0.1) is 17.8 Å². The Morgan fingerprint density at radius 3 is 2.11 bits per heavy atom. The van der Waals surface area contributed by atoms with Crippen LogP contribution in [0.1, 0.15) is 76.0 Å². The van der Waals surface area contributed by atoms with Crippen LogP contribution in [-0.2, 0) is 20.8 Å². The molecule has 7 heteroatoms. The van der Waals surface area contributed by atoms with E-state index in [4.69, 9.17) is 16.3 Å². The molecule has 6 rings (SSSR count). The first-order valence-electron chi connectivity index (χ1n) is 16.4. The maximum atomic E-state index is 14.3. The van der Waals surface area contributed by atoms with Crippen LogP contribution in [0.2, 0.25) is 5.02 Å². The molecule has 6 nitrogen and oxygen atoms in total. The molecule has 0 aromatic heterocycles. The Hall–Kier alpha value is -4.16. The van der Waals surface area contributed by atoms with Crippen LogP contribution in [0.25, 0.3) is 0 Å². The van der Waals surface area contributed by atoms with E-state index in [9.17, 15) is 14.4 Å². The van der Waals surface area contributed by atoms with E-state index in [1.54, 1.807) is 18.2 Å². The zero-order valence-corrected chi connectivity index (χ0v) is 28.7. The zero-order chi connectivity index (χ0) is 33.5. The van der Waals surface area contributed by atoms with Gasteiger partial charge in [-0.25, -0.2) is 0 Å². The molecule has 244 valence electrons. The number of aryl methyl sites for hydroxylation is 1. The molecular weight excluding hydrogens is 608 g/mol. The Balaban J connectivity index is 1.44. The van der Waals surface area contributed by atoms with Crippen molar-refractivity contribution in [2.24, 2.45) is 10.8 Å². The molecule has 0 atom stereocenters. The molecule has 1 amide bonds. The summed E-state index contributed by atoms with van der Waals surface area (Å²) in [6, 6.07) is 23.2. The molecule has 0 saturated carbocycles. The molecule has 0 saturated heterocycles. The number of hydrogen-bond acceptors (Lipinski definition) is 5. The number of carbonyl (C=O) groups excluding carboxylic acids is 3. The van der Waals surface area contributed by atoms with E-state index < -0.39 is 5.92 Å². The van der Waals surface area contributed by atoms with Crippen LogP contribution in [0.15, 0.2) is 95.3 Å². The Bertz CT molecular complexity index is 1750. The van der Waals surface area contributed by atoms with E-state index in [0.717, 1.165) is 23.4 Å². The van der Waals surface area contributed by atoms with Gasteiger partial charge in [-0.3, -0.25) is 14.4 Å². The Morgan fingerprint density at radius 2 is 1.49 bits per heavy atom. The number of ether oxygens (including phenoxy) is 1. The molecule has 1 heterocycles. The predicted molar refractivity (Wildman–Crippen MR) is 186 cm³/mol. The second-order valence-corrected chi connectivity index (χ2v) is 15.2. The monoisotopic (exact) mass is 650 g/mol. The van der Waals surface area contributed by atoms with Gasteiger partial charge in [-0.05, 0) is 78.5 Å². The molecule has 0 radical (unpaired) electrons. The minimum Gasteiger partial charge on any atom is -0.483 e. The molecule has 3 aromatic rings. The Labute approximate surface area is 282 Å². The van der Waals surface area contributed by atoms with E-state index >= 15 is 0 Å². The molecule has 1 N–H and O–H groups in total. The third-order valence-electron chi connectivity index (χ3n) is 9.43. The van der Waals surface area contributed by atoms with Crippen molar-refractivity contribution in [2.45, 2.75) is 72.6 Å². The number of nitrogens with one attached hydrogen (secondary N) is 1. The van der Waals surface area contributed by atoms with E-state index in [-0.39, 0.29) is 34.9 Å². The average molecular weight is 651 g/mol. The molecule has 3 aromatic carbocycles. The van der Waals surface area contributed by atoms with Gasteiger partial charge in [0.2, 0.25) is 0 Å². The average Bonchev–Trinajstić information content (AvgIpc) is 2.98. The van der Waals surface area contributed by atoms with Gasteiger partial charge >= 0.3 is 0 Å². The third kappa shape index (κ3) is 7.08. The quantitative estimate of drug-likeness (QED) is 0.264. The Morgan fingerprint density at radius 1 is 0.851 bits per heavy atom. The summed E-state index contributed by atoms with van der Waals surface area (Å²) in [4.78, 5) is 43.9. The highest BCUT2D eigenvalue weighted by molar-refractivity contribution is 6.30. The maximum Gasteiger partial charge on any atom is 0.262 e. The number of nitrogens with zero attached hydrogens (tertiary/aromatic N) is 1. The number of hydrogen-bond donors (Lipinski definition) is 1. The lowest BCUT2D eigenvalue weighted by Crippen LogP contribution is -2.45. The highest BCUT2D eigenvalue weighted by Gasteiger charge is 2.49. The minimum atomic E-state index is -0.631. The molecular formula is C40H43ClN2O4. The summed E-state index contributed by atoms with van der Waals surface area (Å²) in [5, 5.41) is 3.37. The van der Waals surface area contributed by atoms with E-state index in [2.05, 4.69) is 50.0 Å². The molecule has 3 aliphatic rings. The van der Waals surface area contributed by atoms with Gasteiger partial charge < -0.3 is 15.0 Å².